The van der Waals surface area contributed by atoms with Crippen molar-refractivity contribution >= 4 is 5.69 Å². The van der Waals surface area contributed by atoms with Crippen molar-refractivity contribution < 1.29 is 4.74 Å². The SMILES string of the molecule is COc1ccccc1Cc1ccc2c(c1)N1CCNCCC1C2. The summed E-state index contributed by atoms with van der Waals surface area (Å²) in [5, 5.41) is 3.52. The van der Waals surface area contributed by atoms with Crippen LogP contribution in [-0.2, 0) is 12.8 Å². The van der Waals surface area contributed by atoms with Gasteiger partial charge in [-0.05, 0) is 48.2 Å². The lowest BCUT2D eigenvalue weighted by Gasteiger charge is -2.25. The number of hydrogen-bond donors (Lipinski definition) is 1. The molecule has 0 amide bonds. The molecular formula is C20H24N2O. The van der Waals surface area contributed by atoms with Gasteiger partial charge in [0.1, 0.15) is 5.75 Å². The van der Waals surface area contributed by atoms with Gasteiger partial charge in [-0.2, -0.15) is 0 Å². The first kappa shape index (κ1) is 14.6. The summed E-state index contributed by atoms with van der Waals surface area (Å²) >= 11 is 0. The summed E-state index contributed by atoms with van der Waals surface area (Å²) in [4.78, 5) is 2.61. The smallest absolute Gasteiger partial charge is 0.122 e. The van der Waals surface area contributed by atoms with Gasteiger partial charge in [-0.15, -0.1) is 0 Å². The van der Waals surface area contributed by atoms with Gasteiger partial charge in [-0.25, -0.2) is 0 Å². The highest BCUT2D eigenvalue weighted by Gasteiger charge is 2.29. The van der Waals surface area contributed by atoms with E-state index in [4.69, 9.17) is 4.74 Å². The van der Waals surface area contributed by atoms with Crippen molar-refractivity contribution in [3.8, 4) is 5.75 Å². The maximum Gasteiger partial charge on any atom is 0.122 e. The van der Waals surface area contributed by atoms with E-state index in [9.17, 15) is 0 Å². The zero-order chi connectivity index (χ0) is 15.6. The largest absolute Gasteiger partial charge is 0.496 e. The van der Waals surface area contributed by atoms with Crippen LogP contribution in [0.3, 0.4) is 0 Å². The van der Waals surface area contributed by atoms with Crippen molar-refractivity contribution in [2.75, 3.05) is 31.6 Å². The number of rotatable bonds is 3. The molecule has 2 aliphatic heterocycles. The Morgan fingerprint density at radius 3 is 3.00 bits per heavy atom. The fourth-order valence-electron chi connectivity index (χ4n) is 3.94. The lowest BCUT2D eigenvalue weighted by molar-refractivity contribution is 0.410. The number of ether oxygens (including phenoxy) is 1. The van der Waals surface area contributed by atoms with Crippen LogP contribution in [0.2, 0.25) is 0 Å². The fourth-order valence-corrected chi connectivity index (χ4v) is 3.94. The molecule has 0 aliphatic carbocycles. The summed E-state index contributed by atoms with van der Waals surface area (Å²) in [6.45, 7) is 3.35. The van der Waals surface area contributed by atoms with Crippen LogP contribution in [0.5, 0.6) is 5.75 Å². The summed E-state index contributed by atoms with van der Waals surface area (Å²) in [7, 11) is 1.75. The van der Waals surface area contributed by atoms with Crippen molar-refractivity contribution in [1.29, 1.82) is 0 Å². The van der Waals surface area contributed by atoms with Crippen molar-refractivity contribution in [3.05, 3.63) is 59.2 Å². The molecule has 2 aromatic rings. The van der Waals surface area contributed by atoms with Crippen LogP contribution in [-0.4, -0.2) is 32.8 Å². The monoisotopic (exact) mass is 308 g/mol. The van der Waals surface area contributed by atoms with Crippen molar-refractivity contribution in [2.24, 2.45) is 0 Å². The molecule has 0 saturated carbocycles. The van der Waals surface area contributed by atoms with Crippen molar-refractivity contribution in [1.82, 2.24) is 5.32 Å². The van der Waals surface area contributed by atoms with E-state index in [1.54, 1.807) is 7.11 Å². The third-order valence-electron chi connectivity index (χ3n) is 5.13. The van der Waals surface area contributed by atoms with Gasteiger partial charge in [-0.1, -0.05) is 30.3 Å². The number of methoxy groups -OCH3 is 1. The maximum atomic E-state index is 5.49. The van der Waals surface area contributed by atoms with Gasteiger partial charge in [0.05, 0.1) is 7.11 Å². The molecule has 120 valence electrons. The topological polar surface area (TPSA) is 24.5 Å². The molecule has 2 aliphatic rings. The Hall–Kier alpha value is -2.00. The summed E-state index contributed by atoms with van der Waals surface area (Å²) in [5.41, 5.74) is 5.58. The average Bonchev–Trinajstić information content (AvgIpc) is 2.76. The van der Waals surface area contributed by atoms with Gasteiger partial charge in [0.15, 0.2) is 0 Å². The van der Waals surface area contributed by atoms with Crippen molar-refractivity contribution in [3.63, 3.8) is 0 Å². The Balaban J connectivity index is 1.62. The Labute approximate surface area is 138 Å². The zero-order valence-corrected chi connectivity index (χ0v) is 13.7. The molecule has 4 rings (SSSR count). The lowest BCUT2D eigenvalue weighted by atomic mass is 10.0. The number of fused-ring (bicyclic) bond motifs is 3. The van der Waals surface area contributed by atoms with Crippen molar-refractivity contribution in [2.45, 2.75) is 25.3 Å². The Morgan fingerprint density at radius 2 is 2.09 bits per heavy atom. The van der Waals surface area contributed by atoms with E-state index in [1.165, 1.54) is 35.2 Å². The predicted molar refractivity (Wildman–Crippen MR) is 94.6 cm³/mol. The third-order valence-corrected chi connectivity index (χ3v) is 5.13. The summed E-state index contributed by atoms with van der Waals surface area (Å²) in [6, 6.07) is 16.0. The molecule has 2 heterocycles. The number of hydrogen-bond acceptors (Lipinski definition) is 3. The predicted octanol–water partition coefficient (Wildman–Crippen LogP) is 3.01. The van der Waals surface area contributed by atoms with E-state index in [0.717, 1.165) is 31.8 Å². The molecule has 0 aromatic heterocycles. The maximum absolute atomic E-state index is 5.49. The van der Waals surface area contributed by atoms with Crippen LogP contribution >= 0.6 is 0 Å². The van der Waals surface area contributed by atoms with Crippen LogP contribution in [0.4, 0.5) is 5.69 Å². The number of anilines is 1. The Bertz CT molecular complexity index is 698. The standard InChI is InChI=1S/C20H24N2O/c1-23-20-5-3-2-4-17(20)12-15-6-7-16-14-18-8-9-21-10-11-22(18)19(16)13-15/h2-7,13,18,21H,8-12,14H2,1H3. The average molecular weight is 308 g/mol. The molecule has 0 radical (unpaired) electrons. The minimum atomic E-state index is 0.682. The van der Waals surface area contributed by atoms with Crippen LogP contribution in [0, 0.1) is 0 Å². The zero-order valence-electron chi connectivity index (χ0n) is 13.7. The van der Waals surface area contributed by atoms with Gasteiger partial charge in [0, 0.05) is 31.2 Å². The van der Waals surface area contributed by atoms with Gasteiger partial charge in [0.25, 0.3) is 0 Å². The van der Waals surface area contributed by atoms with E-state index in [1.807, 2.05) is 12.1 Å². The quantitative estimate of drug-likeness (QED) is 0.943. The van der Waals surface area contributed by atoms with Gasteiger partial charge < -0.3 is 15.0 Å². The second-order valence-corrected chi connectivity index (χ2v) is 6.54. The van der Waals surface area contributed by atoms with E-state index in [0.29, 0.717) is 6.04 Å². The highest BCUT2D eigenvalue weighted by molar-refractivity contribution is 5.61. The second kappa shape index (κ2) is 6.25. The minimum absolute atomic E-state index is 0.682. The van der Waals surface area contributed by atoms with E-state index >= 15 is 0 Å². The first-order valence-electron chi connectivity index (χ1n) is 8.56. The highest BCUT2D eigenvalue weighted by Crippen LogP contribution is 2.35. The molecule has 1 saturated heterocycles. The third kappa shape index (κ3) is 2.81. The molecule has 1 fully saturated rings. The summed E-state index contributed by atoms with van der Waals surface area (Å²) in [5.74, 6) is 0.977. The number of nitrogens with one attached hydrogen (secondary N) is 1. The van der Waals surface area contributed by atoms with E-state index < -0.39 is 0 Å². The second-order valence-electron chi connectivity index (χ2n) is 6.54. The summed E-state index contributed by atoms with van der Waals surface area (Å²) < 4.78 is 5.49. The highest BCUT2D eigenvalue weighted by atomic mass is 16.5. The molecule has 3 heteroatoms. The fraction of sp³-hybridized carbons (Fsp3) is 0.400. The van der Waals surface area contributed by atoms with Gasteiger partial charge >= 0.3 is 0 Å². The first-order valence-corrected chi connectivity index (χ1v) is 8.56. The van der Waals surface area contributed by atoms with Gasteiger partial charge in [0.2, 0.25) is 0 Å². The number of benzene rings is 2. The minimum Gasteiger partial charge on any atom is -0.496 e. The van der Waals surface area contributed by atoms with Crippen LogP contribution in [0.1, 0.15) is 23.1 Å². The molecule has 1 atom stereocenters. The Morgan fingerprint density at radius 1 is 1.17 bits per heavy atom. The molecule has 0 spiro atoms. The number of para-hydroxylation sites is 1. The lowest BCUT2D eigenvalue weighted by Crippen LogP contribution is -2.32. The summed E-state index contributed by atoms with van der Waals surface area (Å²) in [6.07, 6.45) is 3.37. The van der Waals surface area contributed by atoms with Crippen LogP contribution in [0.15, 0.2) is 42.5 Å². The normalized spacial score (nSPS) is 19.9. The van der Waals surface area contributed by atoms with Crippen LogP contribution < -0.4 is 15.0 Å². The molecule has 1 N–H and O–H groups in total. The molecule has 0 bridgehead atoms. The number of nitrogens with zero attached hydrogens (tertiary/aromatic N) is 1. The molecular weight excluding hydrogens is 284 g/mol. The van der Waals surface area contributed by atoms with E-state index in [2.05, 4.69) is 40.5 Å². The van der Waals surface area contributed by atoms with Crippen LogP contribution in [0.25, 0.3) is 0 Å². The molecule has 3 nitrogen and oxygen atoms in total. The molecule has 1 unspecified atom stereocenters. The Kier molecular flexibility index (Phi) is 3.96. The molecule has 23 heavy (non-hydrogen) atoms. The van der Waals surface area contributed by atoms with E-state index in [-0.39, 0.29) is 0 Å². The first-order chi connectivity index (χ1) is 11.3. The van der Waals surface area contributed by atoms with Gasteiger partial charge in [-0.3, -0.25) is 0 Å². The molecule has 2 aromatic carbocycles.